The summed E-state index contributed by atoms with van der Waals surface area (Å²) < 4.78 is 2.05. The van der Waals surface area contributed by atoms with E-state index in [1.807, 2.05) is 24.5 Å². The van der Waals surface area contributed by atoms with E-state index >= 15 is 0 Å². The van der Waals surface area contributed by atoms with Crippen LogP contribution in [0.5, 0.6) is 0 Å². The van der Waals surface area contributed by atoms with Crippen molar-refractivity contribution in [2.24, 2.45) is 5.73 Å². The number of nitrogens with zero attached hydrogens (tertiary/aromatic N) is 1. The van der Waals surface area contributed by atoms with Crippen molar-refractivity contribution >= 4 is 11.7 Å². The first kappa shape index (κ1) is 10.5. The summed E-state index contributed by atoms with van der Waals surface area (Å²) in [7, 11) is 0. The number of carbonyl (C=O) groups is 1. The Morgan fingerprint density at radius 1 is 1.36 bits per heavy atom. The number of nitrogens with two attached hydrogens (primary N) is 1. The van der Waals surface area contributed by atoms with Gasteiger partial charge in [0.25, 0.3) is 0 Å². The summed E-state index contributed by atoms with van der Waals surface area (Å²) in [6, 6.07) is 3.09. The van der Waals surface area contributed by atoms with Crippen LogP contribution in [-0.2, 0) is 5.54 Å². The molecule has 0 unspecified atom stereocenters. The Morgan fingerprint density at radius 2 is 1.86 bits per heavy atom. The van der Waals surface area contributed by atoms with Crippen LogP contribution in [0.25, 0.3) is 0 Å². The number of nitrogens with one attached hydrogen (secondary N) is 1. The smallest absolute Gasteiger partial charge is 0.316 e. The predicted octanol–water partition coefficient (Wildman–Crippen LogP) is 1.22. The van der Waals surface area contributed by atoms with Gasteiger partial charge in [-0.05, 0) is 0 Å². The summed E-state index contributed by atoms with van der Waals surface area (Å²) >= 11 is 0. The minimum absolute atomic E-state index is 0.0469. The van der Waals surface area contributed by atoms with Crippen molar-refractivity contribution in [1.29, 1.82) is 0 Å². The Hall–Kier alpha value is -1.58. The lowest BCUT2D eigenvalue weighted by atomic mass is 10.1. The number of anilines is 1. The third-order valence-corrected chi connectivity index (χ3v) is 1.87. The zero-order valence-corrected chi connectivity index (χ0v) is 8.74. The van der Waals surface area contributed by atoms with Gasteiger partial charge in [-0.1, -0.05) is 0 Å². The minimum Gasteiger partial charge on any atom is -0.351 e. The zero-order chi connectivity index (χ0) is 10.8. The van der Waals surface area contributed by atoms with Crippen molar-refractivity contribution < 1.29 is 9.36 Å². The number of aromatic nitrogens is 1. The molecule has 1 heterocycles. The first-order valence-corrected chi connectivity index (χ1v) is 4.48. The van der Waals surface area contributed by atoms with E-state index in [-0.39, 0.29) is 5.54 Å². The third kappa shape index (κ3) is 2.73. The molecule has 76 valence electrons. The van der Waals surface area contributed by atoms with E-state index in [9.17, 15) is 4.79 Å². The Kier molecular flexibility index (Phi) is 2.74. The Labute approximate surface area is 83.7 Å². The summed E-state index contributed by atoms with van der Waals surface area (Å²) in [5.74, 6) is 0. The van der Waals surface area contributed by atoms with Crippen LogP contribution >= 0.6 is 0 Å². The number of amides is 2. The quantitative estimate of drug-likeness (QED) is 0.649. The van der Waals surface area contributed by atoms with Gasteiger partial charge in [0.15, 0.2) is 17.9 Å². The van der Waals surface area contributed by atoms with Gasteiger partial charge in [-0.3, -0.25) is 0 Å². The molecule has 0 saturated carbocycles. The molecule has 4 nitrogen and oxygen atoms in total. The van der Waals surface area contributed by atoms with Gasteiger partial charge >= 0.3 is 6.03 Å². The van der Waals surface area contributed by atoms with Gasteiger partial charge in [-0.15, -0.1) is 0 Å². The molecule has 2 amide bonds. The average molecular weight is 194 g/mol. The Morgan fingerprint density at radius 3 is 2.21 bits per heavy atom. The molecule has 0 aliphatic heterocycles. The first-order chi connectivity index (χ1) is 6.39. The monoisotopic (exact) mass is 194 g/mol. The highest BCUT2D eigenvalue weighted by atomic mass is 16.2. The van der Waals surface area contributed by atoms with E-state index in [0.29, 0.717) is 5.69 Å². The maximum Gasteiger partial charge on any atom is 0.316 e. The molecule has 14 heavy (non-hydrogen) atoms. The SMILES string of the molecule is CC(C)(C)[n+]1ccc(NC(N)=O)cc1. The number of urea groups is 1. The predicted molar refractivity (Wildman–Crippen MR) is 54.8 cm³/mol. The van der Waals surface area contributed by atoms with Crippen molar-refractivity contribution in [1.82, 2.24) is 0 Å². The van der Waals surface area contributed by atoms with Gasteiger partial charge in [0.05, 0.1) is 5.69 Å². The van der Waals surface area contributed by atoms with Gasteiger partial charge in [0.2, 0.25) is 0 Å². The molecule has 0 atom stereocenters. The lowest BCUT2D eigenvalue weighted by molar-refractivity contribution is -0.754. The van der Waals surface area contributed by atoms with E-state index in [4.69, 9.17) is 5.73 Å². The van der Waals surface area contributed by atoms with Gasteiger partial charge < -0.3 is 11.1 Å². The third-order valence-electron chi connectivity index (χ3n) is 1.87. The van der Waals surface area contributed by atoms with Crippen molar-refractivity contribution in [3.63, 3.8) is 0 Å². The minimum atomic E-state index is -0.543. The van der Waals surface area contributed by atoms with Crippen LogP contribution in [0, 0.1) is 0 Å². The molecule has 0 aliphatic carbocycles. The largest absolute Gasteiger partial charge is 0.351 e. The first-order valence-electron chi connectivity index (χ1n) is 4.48. The number of pyridine rings is 1. The molecule has 0 radical (unpaired) electrons. The van der Waals surface area contributed by atoms with Crippen LogP contribution in [0.2, 0.25) is 0 Å². The number of primary amides is 1. The molecule has 0 fully saturated rings. The lowest BCUT2D eigenvalue weighted by Crippen LogP contribution is -2.49. The standard InChI is InChI=1S/C10H15N3O/c1-10(2,3)13-6-4-8(5-7-13)12-9(11)14/h4-7H,1-3H3,(H2,11,14)/p+1. The second-order valence-electron chi connectivity index (χ2n) is 4.15. The second kappa shape index (κ2) is 3.65. The molecule has 1 aromatic heterocycles. The fourth-order valence-electron chi connectivity index (χ4n) is 1.10. The van der Waals surface area contributed by atoms with Crippen molar-refractivity contribution in [2.45, 2.75) is 26.3 Å². The highest BCUT2D eigenvalue weighted by Crippen LogP contribution is 2.06. The molecule has 0 aromatic carbocycles. The van der Waals surface area contributed by atoms with Crippen molar-refractivity contribution in [3.8, 4) is 0 Å². The normalized spacial score (nSPS) is 11.1. The van der Waals surface area contributed by atoms with E-state index in [1.165, 1.54) is 0 Å². The summed E-state index contributed by atoms with van der Waals surface area (Å²) in [6.07, 6.45) is 3.82. The molecule has 4 heteroatoms. The highest BCUT2D eigenvalue weighted by Gasteiger charge is 2.20. The number of carbonyl (C=O) groups excluding carboxylic acids is 1. The average Bonchev–Trinajstić information content (AvgIpc) is 2.02. The molecule has 3 N–H and O–H groups in total. The molecule has 0 aliphatic rings. The summed E-state index contributed by atoms with van der Waals surface area (Å²) in [4.78, 5) is 10.6. The van der Waals surface area contributed by atoms with Crippen LogP contribution in [0.15, 0.2) is 24.5 Å². The topological polar surface area (TPSA) is 59.0 Å². The van der Waals surface area contributed by atoms with Crippen molar-refractivity contribution in [2.75, 3.05) is 5.32 Å². The van der Waals surface area contributed by atoms with Crippen LogP contribution in [-0.4, -0.2) is 6.03 Å². The molecule has 0 spiro atoms. The fourth-order valence-corrected chi connectivity index (χ4v) is 1.10. The molecule has 0 bridgehead atoms. The van der Waals surface area contributed by atoms with E-state index in [1.54, 1.807) is 0 Å². The maximum absolute atomic E-state index is 10.6. The fraction of sp³-hybridized carbons (Fsp3) is 0.400. The van der Waals surface area contributed by atoms with Crippen LogP contribution in [0.1, 0.15) is 20.8 Å². The molecule has 1 aromatic rings. The highest BCUT2D eigenvalue weighted by molar-refractivity contribution is 5.87. The van der Waals surface area contributed by atoms with Crippen LogP contribution in [0.4, 0.5) is 10.5 Å². The number of rotatable bonds is 1. The van der Waals surface area contributed by atoms with Gasteiger partial charge in [0, 0.05) is 32.9 Å². The van der Waals surface area contributed by atoms with E-state index < -0.39 is 6.03 Å². The Bertz CT molecular complexity index is 324. The zero-order valence-electron chi connectivity index (χ0n) is 8.74. The van der Waals surface area contributed by atoms with Gasteiger partial charge in [-0.2, -0.15) is 0 Å². The van der Waals surface area contributed by atoms with Crippen LogP contribution in [0.3, 0.4) is 0 Å². The van der Waals surface area contributed by atoms with E-state index in [2.05, 4.69) is 30.7 Å². The summed E-state index contributed by atoms with van der Waals surface area (Å²) in [5, 5.41) is 2.51. The van der Waals surface area contributed by atoms with Crippen LogP contribution < -0.4 is 15.6 Å². The van der Waals surface area contributed by atoms with Gasteiger partial charge in [0.1, 0.15) is 0 Å². The van der Waals surface area contributed by atoms with Crippen molar-refractivity contribution in [3.05, 3.63) is 24.5 Å². The Balaban J connectivity index is 2.84. The molecule has 1 rings (SSSR count). The van der Waals surface area contributed by atoms with E-state index in [0.717, 1.165) is 0 Å². The molecular weight excluding hydrogens is 178 g/mol. The molecule has 0 saturated heterocycles. The number of hydrogen-bond donors (Lipinski definition) is 2. The number of hydrogen-bond acceptors (Lipinski definition) is 1. The summed E-state index contributed by atoms with van der Waals surface area (Å²) in [5.41, 5.74) is 5.74. The summed E-state index contributed by atoms with van der Waals surface area (Å²) in [6.45, 7) is 6.32. The second-order valence-corrected chi connectivity index (χ2v) is 4.15. The van der Waals surface area contributed by atoms with Gasteiger partial charge in [-0.25, -0.2) is 9.36 Å². The molecular formula is C10H16N3O+. The lowest BCUT2D eigenvalue weighted by Gasteiger charge is -2.12. The maximum atomic E-state index is 10.6.